The zero-order valence-electron chi connectivity index (χ0n) is 21.3. The minimum atomic E-state index is -0.160. The molecule has 2 aliphatic heterocycles. The number of fused-ring (bicyclic) bond motifs is 2. The third kappa shape index (κ3) is 3.87. The van der Waals surface area contributed by atoms with Crippen LogP contribution in [0.25, 0.3) is 32.7 Å². The van der Waals surface area contributed by atoms with E-state index in [1.54, 1.807) is 0 Å². The topological polar surface area (TPSA) is 83.6 Å². The highest BCUT2D eigenvalue weighted by atomic mass is 16.5. The number of benzene rings is 5. The second-order valence-electron chi connectivity index (χ2n) is 10.0. The number of phenols is 2. The fourth-order valence-electron chi connectivity index (χ4n) is 5.49. The van der Waals surface area contributed by atoms with Crippen LogP contribution < -0.4 is 0 Å². The van der Waals surface area contributed by atoms with Gasteiger partial charge >= 0.3 is 0 Å². The van der Waals surface area contributed by atoms with Gasteiger partial charge in [-0.1, -0.05) is 78.9 Å². The molecule has 2 aliphatic rings. The van der Waals surface area contributed by atoms with Crippen molar-refractivity contribution in [3.63, 3.8) is 0 Å². The highest BCUT2D eigenvalue weighted by Crippen LogP contribution is 2.48. The van der Waals surface area contributed by atoms with Crippen molar-refractivity contribution in [2.24, 2.45) is 9.98 Å². The molecule has 2 N–H and O–H groups in total. The molecule has 5 aromatic rings. The van der Waals surface area contributed by atoms with Crippen molar-refractivity contribution < 1.29 is 19.7 Å². The molecule has 39 heavy (non-hydrogen) atoms. The number of ether oxygens (including phenoxy) is 2. The maximum atomic E-state index is 11.9. The van der Waals surface area contributed by atoms with Gasteiger partial charge in [-0.3, -0.25) is 0 Å². The highest BCUT2D eigenvalue weighted by molar-refractivity contribution is 6.16. The van der Waals surface area contributed by atoms with Gasteiger partial charge in [-0.05, 0) is 46.2 Å². The van der Waals surface area contributed by atoms with E-state index in [9.17, 15) is 10.2 Å². The minimum Gasteiger partial charge on any atom is -0.506 e. The normalized spacial score (nSPS) is 18.6. The van der Waals surface area contributed by atoms with Crippen molar-refractivity contribution in [1.29, 1.82) is 0 Å². The summed E-state index contributed by atoms with van der Waals surface area (Å²) < 4.78 is 11.9. The number of aromatic hydroxyl groups is 2. The molecule has 0 fully saturated rings. The van der Waals surface area contributed by atoms with Crippen LogP contribution in [-0.4, -0.2) is 41.3 Å². The van der Waals surface area contributed by atoms with Gasteiger partial charge in [-0.15, -0.1) is 0 Å². The van der Waals surface area contributed by atoms with Crippen LogP contribution in [0.4, 0.5) is 0 Å². The summed E-state index contributed by atoms with van der Waals surface area (Å²) in [4.78, 5) is 9.43. The molecule has 0 aliphatic carbocycles. The van der Waals surface area contributed by atoms with Gasteiger partial charge in [0, 0.05) is 11.1 Å². The lowest BCUT2D eigenvalue weighted by atomic mass is 9.88. The number of hydrogen-bond donors (Lipinski definition) is 2. The van der Waals surface area contributed by atoms with E-state index in [4.69, 9.17) is 14.5 Å². The smallest absolute Gasteiger partial charge is 0.220 e. The summed E-state index contributed by atoms with van der Waals surface area (Å²) in [7, 11) is 0. The van der Waals surface area contributed by atoms with Gasteiger partial charge in [0.1, 0.15) is 30.8 Å². The van der Waals surface area contributed by atoms with Crippen molar-refractivity contribution in [2.45, 2.75) is 19.0 Å². The van der Waals surface area contributed by atoms with Gasteiger partial charge in [-0.2, -0.15) is 0 Å². The molecule has 0 saturated heterocycles. The van der Waals surface area contributed by atoms with Gasteiger partial charge < -0.3 is 19.7 Å². The third-order valence-electron chi connectivity index (χ3n) is 7.39. The summed E-state index contributed by atoms with van der Waals surface area (Å²) in [5.74, 6) is 0.795. The molecule has 0 amide bonds. The number of nitrogens with zero attached hydrogens (tertiary/aromatic N) is 2. The molecule has 7 rings (SSSR count). The lowest BCUT2D eigenvalue weighted by Gasteiger charge is -2.18. The van der Waals surface area contributed by atoms with Gasteiger partial charge in [0.15, 0.2) is 0 Å². The minimum absolute atomic E-state index is 0.00131. The zero-order valence-corrected chi connectivity index (χ0v) is 21.3. The Morgan fingerprint density at radius 1 is 0.641 bits per heavy atom. The molecule has 2 atom stereocenters. The fraction of sp³-hybridized carbons (Fsp3) is 0.152. The summed E-state index contributed by atoms with van der Waals surface area (Å²) in [5.41, 5.74) is 3.07. The zero-order chi connectivity index (χ0) is 26.5. The van der Waals surface area contributed by atoms with Crippen LogP contribution in [-0.2, 0) is 9.47 Å². The van der Waals surface area contributed by atoms with Gasteiger partial charge in [0.05, 0.1) is 17.2 Å². The van der Waals surface area contributed by atoms with Crippen LogP contribution >= 0.6 is 0 Å². The second kappa shape index (κ2) is 9.17. The van der Waals surface area contributed by atoms with Gasteiger partial charge in [-0.25, -0.2) is 9.98 Å². The lowest BCUT2D eigenvalue weighted by Crippen LogP contribution is -2.05. The summed E-state index contributed by atoms with van der Waals surface area (Å²) in [6.45, 7) is 2.82. The average Bonchev–Trinajstić information content (AvgIpc) is 3.63. The van der Waals surface area contributed by atoms with E-state index in [0.717, 1.165) is 27.1 Å². The van der Waals surface area contributed by atoms with E-state index < -0.39 is 0 Å². The van der Waals surface area contributed by atoms with Crippen LogP contribution in [0.5, 0.6) is 11.5 Å². The average molecular weight is 515 g/mol. The maximum Gasteiger partial charge on any atom is 0.220 e. The van der Waals surface area contributed by atoms with Crippen LogP contribution in [0.1, 0.15) is 29.7 Å². The van der Waals surface area contributed by atoms with E-state index in [-0.39, 0.29) is 23.6 Å². The summed E-state index contributed by atoms with van der Waals surface area (Å²) in [6.07, 6.45) is 0. The molecular formula is C33H26N2O4. The first-order valence-corrected chi connectivity index (χ1v) is 13.0. The van der Waals surface area contributed by atoms with E-state index in [1.165, 1.54) is 0 Å². The van der Waals surface area contributed by atoms with Crippen molar-refractivity contribution in [1.82, 2.24) is 0 Å². The number of hydrogen-bond acceptors (Lipinski definition) is 6. The summed E-state index contributed by atoms with van der Waals surface area (Å²) >= 11 is 0. The number of rotatable bonds is 4. The molecule has 6 nitrogen and oxygen atoms in total. The second-order valence-corrected chi connectivity index (χ2v) is 10.0. The summed E-state index contributed by atoms with van der Waals surface area (Å²) in [6, 6.07) is 29.2. The largest absolute Gasteiger partial charge is 0.506 e. The van der Waals surface area contributed by atoms with Gasteiger partial charge in [0.2, 0.25) is 11.8 Å². The van der Waals surface area contributed by atoms with Crippen molar-refractivity contribution in [3.8, 4) is 22.6 Å². The van der Waals surface area contributed by atoms with Crippen molar-refractivity contribution >= 4 is 33.3 Å². The predicted molar refractivity (Wildman–Crippen MR) is 154 cm³/mol. The lowest BCUT2D eigenvalue weighted by molar-refractivity contribution is 0.318. The highest BCUT2D eigenvalue weighted by Gasteiger charge is 2.29. The molecule has 0 unspecified atom stereocenters. The van der Waals surface area contributed by atoms with Gasteiger partial charge in [0.25, 0.3) is 0 Å². The summed E-state index contributed by atoms with van der Waals surface area (Å²) in [5, 5.41) is 27.1. The number of aliphatic imine (C=N–C) groups is 2. The van der Waals surface area contributed by atoms with Crippen LogP contribution in [0, 0.1) is 0 Å². The van der Waals surface area contributed by atoms with E-state index in [0.29, 0.717) is 47.3 Å². The van der Waals surface area contributed by atoms with Crippen LogP contribution in [0.2, 0.25) is 0 Å². The Hall–Kier alpha value is -4.84. The fourth-order valence-corrected chi connectivity index (χ4v) is 5.49. The Kier molecular flexibility index (Phi) is 5.48. The van der Waals surface area contributed by atoms with E-state index >= 15 is 0 Å². The first-order chi connectivity index (χ1) is 19.1. The Balaban J connectivity index is 1.50. The molecule has 0 bridgehead atoms. The SMILES string of the molecule is C[C@H]1COC(c2cc3ccccc3c(-c3c(O)c(C4=N[C@@H](c5ccccc5)CO4)cc4ccccc34)c2O)=N1. The molecule has 5 aromatic carbocycles. The van der Waals surface area contributed by atoms with Crippen LogP contribution in [0.15, 0.2) is 101 Å². The third-order valence-corrected chi connectivity index (χ3v) is 7.39. The molecule has 0 radical (unpaired) electrons. The maximum absolute atomic E-state index is 11.9. The quantitative estimate of drug-likeness (QED) is 0.278. The number of phenolic OH excluding ortho intramolecular Hbond substituents is 2. The van der Waals surface area contributed by atoms with E-state index in [2.05, 4.69) is 4.99 Å². The Labute approximate surface area is 225 Å². The van der Waals surface area contributed by atoms with E-state index in [1.807, 2.05) is 97.9 Å². The van der Waals surface area contributed by atoms with Crippen molar-refractivity contribution in [3.05, 3.63) is 108 Å². The molecule has 0 saturated carbocycles. The van der Waals surface area contributed by atoms with Crippen LogP contribution in [0.3, 0.4) is 0 Å². The Morgan fingerprint density at radius 2 is 1.15 bits per heavy atom. The first kappa shape index (κ1) is 23.3. The molecular weight excluding hydrogens is 488 g/mol. The molecule has 0 spiro atoms. The first-order valence-electron chi connectivity index (χ1n) is 13.0. The molecule has 6 heteroatoms. The monoisotopic (exact) mass is 514 g/mol. The molecule has 0 aromatic heterocycles. The Bertz CT molecular complexity index is 1810. The predicted octanol–water partition coefficient (Wildman–Crippen LogP) is 6.75. The molecule has 192 valence electrons. The molecule has 2 heterocycles. The van der Waals surface area contributed by atoms with Crippen molar-refractivity contribution in [2.75, 3.05) is 13.2 Å². The Morgan fingerprint density at radius 3 is 1.72 bits per heavy atom. The standard InChI is InChI=1S/C33H26N2O4/c1-19-17-38-32(34-19)25-15-21-11-5-7-13-23(21)28(30(25)36)29-24-14-8-6-12-22(24)16-26(31(29)37)33-35-27(18-39-33)20-9-3-2-4-10-20/h2-16,19,27,36-37H,17-18H2,1H3/t19-,27+/m0/s1.